The molecule has 1 aromatic carbocycles. The van der Waals surface area contributed by atoms with E-state index in [0.29, 0.717) is 18.5 Å². The first kappa shape index (κ1) is 20.0. The molecular weight excluding hydrogens is 427 g/mol. The summed E-state index contributed by atoms with van der Waals surface area (Å²) < 4.78 is 0. The van der Waals surface area contributed by atoms with E-state index in [9.17, 15) is 4.79 Å². The molecule has 0 spiro atoms. The van der Waals surface area contributed by atoms with Gasteiger partial charge < -0.3 is 15.5 Å². The molecule has 0 aliphatic heterocycles. The Hall–Kier alpha value is -1.02. The third kappa shape index (κ3) is 6.95. The summed E-state index contributed by atoms with van der Waals surface area (Å²) >= 11 is 6.19. The standard InChI is InChI=1S/C16H23ClN4O.HI/c1-3-18-16(19-10-15(22)20-13-8-9-13)21(2)11-12-6-4-5-7-14(12)17;/h4-7,13H,3,8-11H2,1-2H3,(H,18,19)(H,20,22);1H. The van der Waals surface area contributed by atoms with Crippen molar-refractivity contribution in [1.29, 1.82) is 0 Å². The summed E-state index contributed by atoms with van der Waals surface area (Å²) in [5, 5.41) is 6.87. The highest BCUT2D eigenvalue weighted by Crippen LogP contribution is 2.18. The summed E-state index contributed by atoms with van der Waals surface area (Å²) in [4.78, 5) is 18.1. The minimum atomic E-state index is -0.0240. The molecular formula is C16H24ClIN4O. The number of guanidine groups is 1. The highest BCUT2D eigenvalue weighted by molar-refractivity contribution is 14.0. The van der Waals surface area contributed by atoms with Gasteiger partial charge in [0.15, 0.2) is 5.96 Å². The van der Waals surface area contributed by atoms with E-state index < -0.39 is 0 Å². The number of carbonyl (C=O) groups excluding carboxylic acids is 1. The third-order valence-corrected chi connectivity index (χ3v) is 3.75. The third-order valence-electron chi connectivity index (χ3n) is 3.38. The maximum Gasteiger partial charge on any atom is 0.242 e. The number of nitrogens with zero attached hydrogens (tertiary/aromatic N) is 2. The molecule has 0 saturated heterocycles. The molecule has 1 amide bonds. The number of halogens is 2. The molecule has 1 fully saturated rings. The number of amides is 1. The smallest absolute Gasteiger partial charge is 0.242 e. The Morgan fingerprint density at radius 3 is 2.70 bits per heavy atom. The Bertz CT molecular complexity index is 549. The van der Waals surface area contributed by atoms with Crippen LogP contribution in [0.2, 0.25) is 5.02 Å². The highest BCUT2D eigenvalue weighted by Gasteiger charge is 2.23. The van der Waals surface area contributed by atoms with Crippen molar-refractivity contribution in [2.45, 2.75) is 32.4 Å². The van der Waals surface area contributed by atoms with E-state index >= 15 is 0 Å². The fourth-order valence-corrected chi connectivity index (χ4v) is 2.27. The van der Waals surface area contributed by atoms with Crippen LogP contribution in [0, 0.1) is 0 Å². The van der Waals surface area contributed by atoms with Crippen LogP contribution in [0.15, 0.2) is 29.3 Å². The molecule has 7 heteroatoms. The predicted octanol–water partition coefficient (Wildman–Crippen LogP) is 2.63. The van der Waals surface area contributed by atoms with Gasteiger partial charge in [0, 0.05) is 31.2 Å². The van der Waals surface area contributed by atoms with Crippen LogP contribution < -0.4 is 10.6 Å². The molecule has 0 bridgehead atoms. The number of benzene rings is 1. The number of rotatable bonds is 6. The van der Waals surface area contributed by atoms with Gasteiger partial charge in [-0.3, -0.25) is 4.79 Å². The van der Waals surface area contributed by atoms with Crippen LogP contribution in [-0.4, -0.2) is 42.9 Å². The van der Waals surface area contributed by atoms with E-state index in [-0.39, 0.29) is 36.4 Å². The van der Waals surface area contributed by atoms with Gasteiger partial charge in [0.2, 0.25) is 5.91 Å². The zero-order valence-electron chi connectivity index (χ0n) is 13.5. The van der Waals surface area contributed by atoms with Crippen molar-refractivity contribution in [3.63, 3.8) is 0 Å². The van der Waals surface area contributed by atoms with E-state index in [4.69, 9.17) is 11.6 Å². The van der Waals surface area contributed by atoms with Crippen molar-refractivity contribution >= 4 is 47.4 Å². The number of nitrogens with one attached hydrogen (secondary N) is 2. The molecule has 0 unspecified atom stereocenters. The van der Waals surface area contributed by atoms with Crippen LogP contribution in [0.25, 0.3) is 0 Å². The maximum absolute atomic E-state index is 11.8. The van der Waals surface area contributed by atoms with Gasteiger partial charge in [0.05, 0.1) is 0 Å². The van der Waals surface area contributed by atoms with Crippen molar-refractivity contribution in [3.8, 4) is 0 Å². The maximum atomic E-state index is 11.8. The van der Waals surface area contributed by atoms with E-state index in [1.165, 1.54) is 0 Å². The molecule has 128 valence electrons. The Balaban J connectivity index is 0.00000264. The lowest BCUT2D eigenvalue weighted by Crippen LogP contribution is -2.39. The van der Waals surface area contributed by atoms with Gasteiger partial charge in [-0.2, -0.15) is 0 Å². The minimum Gasteiger partial charge on any atom is -0.357 e. The zero-order valence-corrected chi connectivity index (χ0v) is 16.6. The molecule has 0 heterocycles. The molecule has 23 heavy (non-hydrogen) atoms. The molecule has 1 aliphatic carbocycles. The molecule has 0 atom stereocenters. The van der Waals surface area contributed by atoms with Gasteiger partial charge in [-0.25, -0.2) is 4.99 Å². The lowest BCUT2D eigenvalue weighted by molar-refractivity contribution is -0.119. The van der Waals surface area contributed by atoms with Crippen LogP contribution in [0.5, 0.6) is 0 Å². The molecule has 1 saturated carbocycles. The Morgan fingerprint density at radius 2 is 2.09 bits per heavy atom. The van der Waals surface area contributed by atoms with Gasteiger partial charge in [-0.15, -0.1) is 24.0 Å². The first-order chi connectivity index (χ1) is 10.6. The van der Waals surface area contributed by atoms with Crippen molar-refractivity contribution in [2.24, 2.45) is 4.99 Å². The Morgan fingerprint density at radius 1 is 1.39 bits per heavy atom. The summed E-state index contributed by atoms with van der Waals surface area (Å²) in [5.41, 5.74) is 1.03. The molecule has 1 aliphatic rings. The predicted molar refractivity (Wildman–Crippen MR) is 105 cm³/mol. The number of hydrogen-bond donors (Lipinski definition) is 2. The van der Waals surface area contributed by atoms with Crippen LogP contribution in [0.4, 0.5) is 0 Å². The van der Waals surface area contributed by atoms with Crippen molar-refractivity contribution in [3.05, 3.63) is 34.9 Å². The summed E-state index contributed by atoms with van der Waals surface area (Å²) in [6.07, 6.45) is 2.17. The topological polar surface area (TPSA) is 56.7 Å². The molecule has 5 nitrogen and oxygen atoms in total. The van der Waals surface area contributed by atoms with Crippen LogP contribution in [0.3, 0.4) is 0 Å². The second-order valence-corrected chi connectivity index (χ2v) is 5.87. The quantitative estimate of drug-likeness (QED) is 0.398. The van der Waals surface area contributed by atoms with Crippen LogP contribution in [0.1, 0.15) is 25.3 Å². The van der Waals surface area contributed by atoms with Crippen LogP contribution >= 0.6 is 35.6 Å². The number of carbonyl (C=O) groups is 1. The first-order valence-corrected chi connectivity index (χ1v) is 8.00. The van der Waals surface area contributed by atoms with E-state index in [2.05, 4.69) is 15.6 Å². The normalized spacial score (nSPS) is 14.0. The van der Waals surface area contributed by atoms with E-state index in [1.807, 2.05) is 43.1 Å². The van der Waals surface area contributed by atoms with Gasteiger partial charge in [-0.05, 0) is 31.4 Å². The van der Waals surface area contributed by atoms with Gasteiger partial charge in [0.1, 0.15) is 6.54 Å². The summed E-state index contributed by atoms with van der Waals surface area (Å²) in [7, 11) is 1.93. The number of aliphatic imine (C=N–C) groups is 1. The van der Waals surface area contributed by atoms with Gasteiger partial charge in [-0.1, -0.05) is 29.8 Å². The summed E-state index contributed by atoms with van der Waals surface area (Å²) in [6, 6.07) is 8.10. The molecule has 1 aromatic rings. The van der Waals surface area contributed by atoms with Crippen LogP contribution in [-0.2, 0) is 11.3 Å². The lowest BCUT2D eigenvalue weighted by atomic mass is 10.2. The Labute approximate surface area is 159 Å². The monoisotopic (exact) mass is 450 g/mol. The highest BCUT2D eigenvalue weighted by atomic mass is 127. The molecule has 0 radical (unpaired) electrons. The average molecular weight is 451 g/mol. The second-order valence-electron chi connectivity index (χ2n) is 5.46. The fraction of sp³-hybridized carbons (Fsp3) is 0.500. The average Bonchev–Trinajstić information content (AvgIpc) is 3.29. The molecule has 0 aromatic heterocycles. The van der Waals surface area contributed by atoms with Gasteiger partial charge in [0.25, 0.3) is 0 Å². The van der Waals surface area contributed by atoms with Crippen molar-refractivity contribution < 1.29 is 4.79 Å². The molecule has 2 rings (SSSR count). The Kier molecular flexibility index (Phi) is 8.68. The lowest BCUT2D eigenvalue weighted by Gasteiger charge is -2.22. The minimum absolute atomic E-state index is 0. The van der Waals surface area contributed by atoms with E-state index in [0.717, 1.165) is 30.0 Å². The van der Waals surface area contributed by atoms with Crippen molar-refractivity contribution in [2.75, 3.05) is 20.1 Å². The zero-order chi connectivity index (χ0) is 15.9. The van der Waals surface area contributed by atoms with Crippen molar-refractivity contribution in [1.82, 2.24) is 15.5 Å². The number of hydrogen-bond acceptors (Lipinski definition) is 2. The summed E-state index contributed by atoms with van der Waals surface area (Å²) in [6.45, 7) is 3.53. The van der Waals surface area contributed by atoms with E-state index in [1.54, 1.807) is 0 Å². The molecule has 2 N–H and O–H groups in total. The second kappa shape index (κ2) is 9.97. The largest absolute Gasteiger partial charge is 0.357 e. The fourth-order valence-electron chi connectivity index (χ4n) is 2.07. The summed E-state index contributed by atoms with van der Waals surface area (Å²) in [5.74, 6) is 0.678. The van der Waals surface area contributed by atoms with Gasteiger partial charge >= 0.3 is 0 Å². The first-order valence-electron chi connectivity index (χ1n) is 7.62. The SMILES string of the molecule is CCNC(=NCC(=O)NC1CC1)N(C)Cc1ccccc1Cl.I.